The average Bonchev–Trinajstić information content (AvgIpc) is 2.74. The second-order valence-corrected chi connectivity index (χ2v) is 5.04. The van der Waals surface area contributed by atoms with Gasteiger partial charge < -0.3 is 14.6 Å². The van der Waals surface area contributed by atoms with Crippen molar-refractivity contribution in [2.75, 3.05) is 26.3 Å². The number of rotatable bonds is 1. The van der Waals surface area contributed by atoms with E-state index in [0.29, 0.717) is 26.3 Å². The molecule has 0 aliphatic carbocycles. The summed E-state index contributed by atoms with van der Waals surface area (Å²) in [4.78, 5) is 17.6. The number of nitrogens with zero attached hydrogens (tertiary/aromatic N) is 1. The van der Waals surface area contributed by atoms with Gasteiger partial charge in [0.05, 0.1) is 13.2 Å². The van der Waals surface area contributed by atoms with Crippen molar-refractivity contribution in [3.05, 3.63) is 35.0 Å². The zero-order valence-corrected chi connectivity index (χ0v) is 11.3. The van der Waals surface area contributed by atoms with E-state index in [1.807, 2.05) is 23.1 Å². The molecule has 0 spiro atoms. The molecule has 0 saturated carbocycles. The average molecular weight is 258 g/mol. The summed E-state index contributed by atoms with van der Waals surface area (Å²) in [5.41, 5.74) is 4.22. The summed E-state index contributed by atoms with van der Waals surface area (Å²) in [6.45, 7) is 6.77. The van der Waals surface area contributed by atoms with Gasteiger partial charge in [-0.2, -0.15) is 0 Å². The Hall–Kier alpha value is -1.81. The minimum Gasteiger partial charge on any atom is -0.378 e. The van der Waals surface area contributed by atoms with Gasteiger partial charge in [0.1, 0.15) is 0 Å². The van der Waals surface area contributed by atoms with Gasteiger partial charge in [-0.15, -0.1) is 0 Å². The molecule has 2 heterocycles. The maximum Gasteiger partial charge on any atom is 0.254 e. The standard InChI is InChI=1S/C15H18N2O2/c1-10-11(2)16-14-4-3-12(9-13(10)14)15(18)17-5-7-19-8-6-17/h3-4,9,16H,5-8H2,1-2H3. The molecule has 4 heteroatoms. The fourth-order valence-electron chi connectivity index (χ4n) is 2.54. The van der Waals surface area contributed by atoms with Crippen LogP contribution in [0, 0.1) is 13.8 Å². The van der Waals surface area contributed by atoms with Gasteiger partial charge in [-0.25, -0.2) is 0 Å². The van der Waals surface area contributed by atoms with E-state index in [0.717, 1.165) is 22.2 Å². The fourth-order valence-corrected chi connectivity index (χ4v) is 2.54. The number of nitrogens with one attached hydrogen (secondary N) is 1. The monoisotopic (exact) mass is 258 g/mol. The number of aromatic amines is 1. The number of carbonyl (C=O) groups excluding carboxylic acids is 1. The van der Waals surface area contributed by atoms with Crippen molar-refractivity contribution in [3.8, 4) is 0 Å². The highest BCUT2D eigenvalue weighted by molar-refractivity contribution is 5.99. The highest BCUT2D eigenvalue weighted by Gasteiger charge is 2.19. The molecule has 1 aliphatic rings. The third-order valence-electron chi connectivity index (χ3n) is 3.85. The van der Waals surface area contributed by atoms with Gasteiger partial charge in [-0.1, -0.05) is 0 Å². The van der Waals surface area contributed by atoms with E-state index < -0.39 is 0 Å². The number of carbonyl (C=O) groups is 1. The quantitative estimate of drug-likeness (QED) is 0.852. The number of hydrogen-bond acceptors (Lipinski definition) is 2. The number of aryl methyl sites for hydroxylation is 2. The van der Waals surface area contributed by atoms with Gasteiger partial charge >= 0.3 is 0 Å². The molecule has 4 nitrogen and oxygen atoms in total. The smallest absolute Gasteiger partial charge is 0.254 e. The Balaban J connectivity index is 1.96. The summed E-state index contributed by atoms with van der Waals surface area (Å²) in [7, 11) is 0. The number of benzene rings is 1. The van der Waals surface area contributed by atoms with Crippen molar-refractivity contribution >= 4 is 16.8 Å². The Morgan fingerprint density at radius 3 is 2.74 bits per heavy atom. The zero-order chi connectivity index (χ0) is 13.4. The van der Waals surface area contributed by atoms with Crippen LogP contribution in [0.15, 0.2) is 18.2 Å². The van der Waals surface area contributed by atoms with Crippen LogP contribution in [0.25, 0.3) is 10.9 Å². The third-order valence-corrected chi connectivity index (χ3v) is 3.85. The predicted octanol–water partition coefficient (Wildman–Crippen LogP) is 2.26. The fraction of sp³-hybridized carbons (Fsp3) is 0.400. The second kappa shape index (κ2) is 4.70. The van der Waals surface area contributed by atoms with E-state index in [1.54, 1.807) is 0 Å². The minimum absolute atomic E-state index is 0.100. The summed E-state index contributed by atoms with van der Waals surface area (Å²) in [5.74, 6) is 0.100. The largest absolute Gasteiger partial charge is 0.378 e. The molecule has 0 atom stereocenters. The number of fused-ring (bicyclic) bond motifs is 1. The Kier molecular flexibility index (Phi) is 3.03. The highest BCUT2D eigenvalue weighted by Crippen LogP contribution is 2.23. The van der Waals surface area contributed by atoms with Crippen molar-refractivity contribution in [3.63, 3.8) is 0 Å². The molecular weight excluding hydrogens is 240 g/mol. The summed E-state index contributed by atoms with van der Waals surface area (Å²) in [6, 6.07) is 5.88. The van der Waals surface area contributed by atoms with E-state index in [4.69, 9.17) is 4.74 Å². The van der Waals surface area contributed by atoms with Crippen molar-refractivity contribution in [1.29, 1.82) is 0 Å². The lowest BCUT2D eigenvalue weighted by molar-refractivity contribution is 0.0303. The number of amides is 1. The number of hydrogen-bond donors (Lipinski definition) is 1. The Morgan fingerprint density at radius 2 is 2.00 bits per heavy atom. The molecule has 1 fully saturated rings. The van der Waals surface area contributed by atoms with Gasteiger partial charge in [-0.05, 0) is 37.6 Å². The second-order valence-electron chi connectivity index (χ2n) is 5.04. The van der Waals surface area contributed by atoms with Crippen molar-refractivity contribution in [2.45, 2.75) is 13.8 Å². The first kappa shape index (κ1) is 12.2. The molecule has 1 amide bonds. The van der Waals surface area contributed by atoms with Gasteiger partial charge in [0.25, 0.3) is 5.91 Å². The van der Waals surface area contributed by atoms with E-state index in [9.17, 15) is 4.79 Å². The lowest BCUT2D eigenvalue weighted by Crippen LogP contribution is -2.40. The van der Waals surface area contributed by atoms with Crippen molar-refractivity contribution in [2.24, 2.45) is 0 Å². The van der Waals surface area contributed by atoms with Crippen molar-refractivity contribution < 1.29 is 9.53 Å². The maximum absolute atomic E-state index is 12.4. The molecule has 1 saturated heterocycles. The Bertz CT molecular complexity index is 624. The zero-order valence-electron chi connectivity index (χ0n) is 11.3. The molecule has 19 heavy (non-hydrogen) atoms. The van der Waals surface area contributed by atoms with Crippen molar-refractivity contribution in [1.82, 2.24) is 9.88 Å². The van der Waals surface area contributed by atoms with Crippen LogP contribution in [0.1, 0.15) is 21.6 Å². The molecule has 3 rings (SSSR count). The van der Waals surface area contributed by atoms with Crippen LogP contribution in [-0.2, 0) is 4.74 Å². The lowest BCUT2D eigenvalue weighted by Gasteiger charge is -2.26. The van der Waals surface area contributed by atoms with Crippen LogP contribution in [0.2, 0.25) is 0 Å². The topological polar surface area (TPSA) is 45.3 Å². The predicted molar refractivity (Wildman–Crippen MR) is 74.5 cm³/mol. The van der Waals surface area contributed by atoms with Gasteiger partial charge in [0.15, 0.2) is 0 Å². The molecule has 1 aliphatic heterocycles. The molecule has 2 aromatic rings. The molecule has 1 N–H and O–H groups in total. The molecule has 1 aromatic carbocycles. The Labute approximate surface area is 112 Å². The van der Waals surface area contributed by atoms with Crippen LogP contribution in [0.3, 0.4) is 0 Å². The van der Waals surface area contributed by atoms with Crippen LogP contribution in [-0.4, -0.2) is 42.1 Å². The minimum atomic E-state index is 0.100. The van der Waals surface area contributed by atoms with Gasteiger partial charge in [0, 0.05) is 35.2 Å². The molecule has 1 aromatic heterocycles. The summed E-state index contributed by atoms with van der Waals surface area (Å²) < 4.78 is 5.28. The molecular formula is C15H18N2O2. The molecule has 0 bridgehead atoms. The van der Waals surface area contributed by atoms with Crippen LogP contribution >= 0.6 is 0 Å². The number of morpholine rings is 1. The normalized spacial score (nSPS) is 16.0. The van der Waals surface area contributed by atoms with E-state index in [-0.39, 0.29) is 5.91 Å². The third kappa shape index (κ3) is 2.12. The SMILES string of the molecule is Cc1[nH]c2ccc(C(=O)N3CCOCC3)cc2c1C. The summed E-state index contributed by atoms with van der Waals surface area (Å²) >= 11 is 0. The number of ether oxygens (including phenoxy) is 1. The number of aromatic nitrogens is 1. The molecule has 0 unspecified atom stereocenters. The first-order valence-electron chi connectivity index (χ1n) is 6.63. The maximum atomic E-state index is 12.4. The van der Waals surface area contributed by atoms with Crippen LogP contribution in [0.4, 0.5) is 0 Å². The molecule has 0 radical (unpaired) electrons. The van der Waals surface area contributed by atoms with Crippen LogP contribution < -0.4 is 0 Å². The number of H-pyrrole nitrogens is 1. The van der Waals surface area contributed by atoms with E-state index >= 15 is 0 Å². The highest BCUT2D eigenvalue weighted by atomic mass is 16.5. The summed E-state index contributed by atoms with van der Waals surface area (Å²) in [6.07, 6.45) is 0. The van der Waals surface area contributed by atoms with Gasteiger partial charge in [0.2, 0.25) is 0 Å². The van der Waals surface area contributed by atoms with Crippen LogP contribution in [0.5, 0.6) is 0 Å². The first-order valence-corrected chi connectivity index (χ1v) is 6.63. The van der Waals surface area contributed by atoms with Gasteiger partial charge in [-0.3, -0.25) is 4.79 Å². The first-order chi connectivity index (χ1) is 9.16. The van der Waals surface area contributed by atoms with E-state index in [2.05, 4.69) is 18.8 Å². The molecule has 100 valence electrons. The lowest BCUT2D eigenvalue weighted by atomic mass is 10.1. The summed E-state index contributed by atoms with van der Waals surface area (Å²) in [5, 5.41) is 1.14. The Morgan fingerprint density at radius 1 is 1.26 bits per heavy atom. The van der Waals surface area contributed by atoms with E-state index in [1.165, 1.54) is 5.56 Å².